The summed E-state index contributed by atoms with van der Waals surface area (Å²) in [7, 11) is 0. The predicted octanol–water partition coefficient (Wildman–Crippen LogP) is 3.59. The molecule has 2 rings (SSSR count). The van der Waals surface area contributed by atoms with E-state index in [2.05, 4.69) is 36.3 Å². The lowest BCUT2D eigenvalue weighted by Gasteiger charge is -2.18. The van der Waals surface area contributed by atoms with E-state index >= 15 is 0 Å². The van der Waals surface area contributed by atoms with Gasteiger partial charge in [0, 0.05) is 16.1 Å². The van der Waals surface area contributed by atoms with Crippen molar-refractivity contribution >= 4 is 11.6 Å². The van der Waals surface area contributed by atoms with E-state index < -0.39 is 0 Å². The number of halogens is 1. The molecule has 1 aromatic heterocycles. The van der Waals surface area contributed by atoms with Gasteiger partial charge in [-0.15, -0.1) is 10.2 Å². The van der Waals surface area contributed by atoms with Gasteiger partial charge in [0.2, 0.25) is 11.8 Å². The molecule has 1 aromatic carbocycles. The highest BCUT2D eigenvalue weighted by molar-refractivity contribution is 6.30. The maximum Gasteiger partial charge on any atom is 0.247 e. The Morgan fingerprint density at radius 2 is 1.95 bits per heavy atom. The lowest BCUT2D eigenvalue weighted by Crippen LogP contribution is -2.35. The van der Waals surface area contributed by atoms with Crippen LogP contribution in [-0.2, 0) is 6.54 Å². The standard InChI is InChI=1S/C14H18ClN3O/c1-9-5-10(7-11(15)6-9)13-18-17-12(19-13)8-16-14(2,3)4/h5-7,16H,8H2,1-4H3. The number of hydrogen-bond acceptors (Lipinski definition) is 4. The van der Waals surface area contributed by atoms with Gasteiger partial charge in [0.15, 0.2) is 0 Å². The van der Waals surface area contributed by atoms with Gasteiger partial charge < -0.3 is 9.73 Å². The van der Waals surface area contributed by atoms with E-state index in [1.165, 1.54) is 0 Å². The van der Waals surface area contributed by atoms with Crippen LogP contribution in [0.1, 0.15) is 32.2 Å². The first kappa shape index (κ1) is 14.0. The largest absolute Gasteiger partial charge is 0.419 e. The molecule has 0 aliphatic heterocycles. The van der Waals surface area contributed by atoms with Crippen molar-refractivity contribution in [2.45, 2.75) is 39.8 Å². The van der Waals surface area contributed by atoms with Gasteiger partial charge in [-0.2, -0.15) is 0 Å². The summed E-state index contributed by atoms with van der Waals surface area (Å²) < 4.78 is 5.63. The van der Waals surface area contributed by atoms with E-state index in [1.54, 1.807) is 0 Å². The zero-order valence-corrected chi connectivity index (χ0v) is 12.4. The fourth-order valence-electron chi connectivity index (χ4n) is 1.64. The SMILES string of the molecule is Cc1cc(Cl)cc(-c2nnc(CNC(C)(C)C)o2)c1. The lowest BCUT2D eigenvalue weighted by atomic mass is 10.1. The topological polar surface area (TPSA) is 51.0 Å². The van der Waals surface area contributed by atoms with Gasteiger partial charge in [-0.1, -0.05) is 11.6 Å². The molecule has 0 unspecified atom stereocenters. The maximum atomic E-state index is 6.03. The van der Waals surface area contributed by atoms with Gasteiger partial charge in [0.05, 0.1) is 6.54 Å². The molecule has 4 nitrogen and oxygen atoms in total. The van der Waals surface area contributed by atoms with Crippen LogP contribution in [-0.4, -0.2) is 15.7 Å². The Bertz CT molecular complexity index is 552. The van der Waals surface area contributed by atoms with Crippen molar-refractivity contribution in [2.24, 2.45) is 0 Å². The van der Waals surface area contributed by atoms with E-state index in [4.69, 9.17) is 16.0 Å². The van der Waals surface area contributed by atoms with Crippen LogP contribution in [0, 0.1) is 6.92 Å². The Morgan fingerprint density at radius 3 is 2.58 bits per heavy atom. The molecule has 0 saturated heterocycles. The summed E-state index contributed by atoms with van der Waals surface area (Å²) in [6.45, 7) is 8.80. The third-order valence-corrected chi connectivity index (χ3v) is 2.74. The van der Waals surface area contributed by atoms with Crippen LogP contribution in [0.4, 0.5) is 0 Å². The summed E-state index contributed by atoms with van der Waals surface area (Å²) in [5.74, 6) is 1.07. The molecule has 5 heteroatoms. The summed E-state index contributed by atoms with van der Waals surface area (Å²) in [6, 6.07) is 5.69. The van der Waals surface area contributed by atoms with Gasteiger partial charge in [0.25, 0.3) is 0 Å². The third kappa shape index (κ3) is 4.04. The quantitative estimate of drug-likeness (QED) is 0.933. The minimum absolute atomic E-state index is 0.0152. The minimum atomic E-state index is 0.0152. The third-order valence-electron chi connectivity index (χ3n) is 2.53. The van der Waals surface area contributed by atoms with Crippen LogP contribution in [0.5, 0.6) is 0 Å². The van der Waals surface area contributed by atoms with Crippen molar-refractivity contribution in [3.05, 3.63) is 34.7 Å². The smallest absolute Gasteiger partial charge is 0.247 e. The van der Waals surface area contributed by atoms with Crippen molar-refractivity contribution < 1.29 is 4.42 Å². The number of rotatable bonds is 3. The number of benzene rings is 1. The molecule has 102 valence electrons. The molecule has 19 heavy (non-hydrogen) atoms. The number of aryl methyl sites for hydroxylation is 1. The molecule has 0 aliphatic rings. The van der Waals surface area contributed by atoms with Crippen molar-refractivity contribution in [3.8, 4) is 11.5 Å². The zero-order valence-electron chi connectivity index (χ0n) is 11.6. The number of nitrogens with one attached hydrogen (secondary N) is 1. The van der Waals surface area contributed by atoms with E-state index in [1.807, 2.05) is 25.1 Å². The van der Waals surface area contributed by atoms with Crippen LogP contribution < -0.4 is 5.32 Å². The molecule has 2 aromatic rings. The van der Waals surface area contributed by atoms with Crippen LogP contribution in [0.15, 0.2) is 22.6 Å². The summed E-state index contributed by atoms with van der Waals surface area (Å²) in [6.07, 6.45) is 0. The van der Waals surface area contributed by atoms with E-state index in [0.29, 0.717) is 23.3 Å². The Hall–Kier alpha value is -1.39. The first-order valence-corrected chi connectivity index (χ1v) is 6.56. The predicted molar refractivity (Wildman–Crippen MR) is 76.1 cm³/mol. The maximum absolute atomic E-state index is 6.03. The van der Waals surface area contributed by atoms with E-state index in [-0.39, 0.29) is 5.54 Å². The summed E-state index contributed by atoms with van der Waals surface area (Å²) >= 11 is 6.03. The molecule has 1 N–H and O–H groups in total. The molecular formula is C14H18ClN3O. The molecule has 1 heterocycles. The molecule has 0 radical (unpaired) electrons. The van der Waals surface area contributed by atoms with Gasteiger partial charge in [-0.25, -0.2) is 0 Å². The zero-order chi connectivity index (χ0) is 14.0. The Labute approximate surface area is 118 Å². The van der Waals surface area contributed by atoms with E-state index in [9.17, 15) is 0 Å². The average Bonchev–Trinajstić information content (AvgIpc) is 2.72. The average molecular weight is 280 g/mol. The first-order valence-electron chi connectivity index (χ1n) is 6.18. The number of aromatic nitrogens is 2. The number of hydrogen-bond donors (Lipinski definition) is 1. The van der Waals surface area contributed by atoms with Crippen molar-refractivity contribution in [3.63, 3.8) is 0 Å². The van der Waals surface area contributed by atoms with Crippen LogP contribution in [0.25, 0.3) is 11.5 Å². The fraction of sp³-hybridized carbons (Fsp3) is 0.429. The van der Waals surface area contributed by atoms with E-state index in [0.717, 1.165) is 11.1 Å². The Morgan fingerprint density at radius 1 is 1.21 bits per heavy atom. The highest BCUT2D eigenvalue weighted by atomic mass is 35.5. The molecule has 0 fully saturated rings. The molecule has 0 aliphatic carbocycles. The minimum Gasteiger partial charge on any atom is -0.419 e. The molecule has 0 atom stereocenters. The van der Waals surface area contributed by atoms with Gasteiger partial charge in [-0.3, -0.25) is 0 Å². The van der Waals surface area contributed by atoms with Crippen LogP contribution in [0.3, 0.4) is 0 Å². The Kier molecular flexibility index (Phi) is 3.92. The molecule has 0 bridgehead atoms. The van der Waals surface area contributed by atoms with Crippen molar-refractivity contribution in [2.75, 3.05) is 0 Å². The lowest BCUT2D eigenvalue weighted by molar-refractivity contribution is 0.383. The van der Waals surface area contributed by atoms with Gasteiger partial charge in [0.1, 0.15) is 0 Å². The highest BCUT2D eigenvalue weighted by Crippen LogP contribution is 2.23. The van der Waals surface area contributed by atoms with Gasteiger partial charge >= 0.3 is 0 Å². The summed E-state index contributed by atoms with van der Waals surface area (Å²) in [5.41, 5.74) is 1.93. The molecular weight excluding hydrogens is 262 g/mol. The monoisotopic (exact) mass is 279 g/mol. The van der Waals surface area contributed by atoms with Crippen molar-refractivity contribution in [1.29, 1.82) is 0 Å². The fourth-order valence-corrected chi connectivity index (χ4v) is 1.93. The summed E-state index contributed by atoms with van der Waals surface area (Å²) in [4.78, 5) is 0. The van der Waals surface area contributed by atoms with Crippen molar-refractivity contribution in [1.82, 2.24) is 15.5 Å². The second-order valence-electron chi connectivity index (χ2n) is 5.62. The summed E-state index contributed by atoms with van der Waals surface area (Å²) in [5, 5.41) is 12.1. The van der Waals surface area contributed by atoms with Crippen LogP contribution in [0.2, 0.25) is 5.02 Å². The number of nitrogens with zero attached hydrogens (tertiary/aromatic N) is 2. The Balaban J connectivity index is 2.16. The normalized spacial score (nSPS) is 11.8. The van der Waals surface area contributed by atoms with Gasteiger partial charge in [-0.05, 0) is 51.5 Å². The highest BCUT2D eigenvalue weighted by Gasteiger charge is 2.13. The molecule has 0 spiro atoms. The second kappa shape index (κ2) is 5.31. The molecule has 0 saturated carbocycles. The molecule has 0 amide bonds. The second-order valence-corrected chi connectivity index (χ2v) is 6.06. The van der Waals surface area contributed by atoms with Crippen LogP contribution >= 0.6 is 11.6 Å². The first-order chi connectivity index (χ1) is 8.83.